The summed E-state index contributed by atoms with van der Waals surface area (Å²) < 4.78 is 0. The molecule has 0 heterocycles. The molecule has 2 N–H and O–H groups in total. The summed E-state index contributed by atoms with van der Waals surface area (Å²) in [5.74, 6) is 0.993. The van der Waals surface area contributed by atoms with Crippen molar-refractivity contribution < 1.29 is 0 Å². The number of hydrogen-bond donors (Lipinski definition) is 1. The molecular formula is C17H20N2S2. The lowest BCUT2D eigenvalue weighted by atomic mass is 10.1. The zero-order chi connectivity index (χ0) is 15.4. The van der Waals surface area contributed by atoms with Crippen LogP contribution in [0.5, 0.6) is 0 Å². The summed E-state index contributed by atoms with van der Waals surface area (Å²) >= 11 is 7.05. The van der Waals surface area contributed by atoms with Crippen molar-refractivity contribution in [3.8, 4) is 0 Å². The minimum atomic E-state index is 0.445. The highest BCUT2D eigenvalue weighted by Crippen LogP contribution is 2.33. The van der Waals surface area contributed by atoms with Crippen molar-refractivity contribution in [2.75, 3.05) is 17.7 Å². The maximum atomic E-state index is 5.98. The summed E-state index contributed by atoms with van der Waals surface area (Å²) in [6.45, 7) is 4.22. The molecule has 0 bridgehead atoms. The van der Waals surface area contributed by atoms with Crippen molar-refractivity contribution in [1.82, 2.24) is 0 Å². The fraction of sp³-hybridized carbons (Fsp3) is 0.235. The van der Waals surface area contributed by atoms with Crippen molar-refractivity contribution in [3.63, 3.8) is 0 Å². The van der Waals surface area contributed by atoms with Gasteiger partial charge in [-0.1, -0.05) is 37.3 Å². The summed E-state index contributed by atoms with van der Waals surface area (Å²) in [7, 11) is 2.05. The largest absolute Gasteiger partial charge is 0.389 e. The van der Waals surface area contributed by atoms with E-state index >= 15 is 0 Å². The van der Waals surface area contributed by atoms with E-state index in [-0.39, 0.29) is 0 Å². The van der Waals surface area contributed by atoms with Gasteiger partial charge in [-0.3, -0.25) is 0 Å². The quantitative estimate of drug-likeness (QED) is 0.649. The molecule has 4 heteroatoms. The maximum absolute atomic E-state index is 5.98. The number of hydrogen-bond acceptors (Lipinski definition) is 3. The van der Waals surface area contributed by atoms with Crippen LogP contribution in [-0.4, -0.2) is 17.8 Å². The van der Waals surface area contributed by atoms with Gasteiger partial charge in [0.1, 0.15) is 4.99 Å². The van der Waals surface area contributed by atoms with Gasteiger partial charge >= 0.3 is 0 Å². The van der Waals surface area contributed by atoms with Crippen molar-refractivity contribution in [2.24, 2.45) is 5.73 Å². The van der Waals surface area contributed by atoms with Gasteiger partial charge in [-0.2, -0.15) is 0 Å². The highest BCUT2D eigenvalue weighted by Gasteiger charge is 2.15. The van der Waals surface area contributed by atoms with Crippen LogP contribution in [-0.2, 0) is 0 Å². The third-order valence-electron chi connectivity index (χ3n) is 3.30. The molecule has 2 aromatic rings. The van der Waals surface area contributed by atoms with Crippen molar-refractivity contribution in [1.29, 1.82) is 0 Å². The normalized spacial score (nSPS) is 10.4. The summed E-state index contributed by atoms with van der Waals surface area (Å²) in [4.78, 5) is 3.73. The number of anilines is 2. The van der Waals surface area contributed by atoms with Crippen LogP contribution in [0.25, 0.3) is 0 Å². The van der Waals surface area contributed by atoms with E-state index in [1.807, 2.05) is 7.05 Å². The topological polar surface area (TPSA) is 29.3 Å². The van der Waals surface area contributed by atoms with E-state index in [0.29, 0.717) is 4.99 Å². The Morgan fingerprint density at radius 1 is 1.24 bits per heavy atom. The molecule has 0 spiro atoms. The van der Waals surface area contributed by atoms with Crippen LogP contribution in [0.15, 0.2) is 47.4 Å². The van der Waals surface area contributed by atoms with Crippen molar-refractivity contribution in [2.45, 2.75) is 18.7 Å². The molecule has 0 saturated heterocycles. The molecule has 0 aliphatic carbocycles. The number of nitrogens with zero attached hydrogens (tertiary/aromatic N) is 1. The Hall–Kier alpha value is -1.52. The molecule has 0 radical (unpaired) electrons. The monoisotopic (exact) mass is 316 g/mol. The number of rotatable bonds is 5. The summed E-state index contributed by atoms with van der Waals surface area (Å²) in [6, 6.07) is 14.6. The number of thiocarbonyl (C=S) groups is 1. The van der Waals surface area contributed by atoms with Crippen molar-refractivity contribution in [3.05, 3.63) is 53.6 Å². The standard InChI is InChI=1S/C17H20N2S2/c1-4-21-15-10-6-9-14(16(15)17(18)20)19(3)13-8-5-7-12(2)11-13/h5-11H,4H2,1-3H3,(H2,18,20). The van der Waals surface area contributed by atoms with Gasteiger partial charge in [0.25, 0.3) is 0 Å². The van der Waals surface area contributed by atoms with Gasteiger partial charge in [0.2, 0.25) is 0 Å². The molecule has 21 heavy (non-hydrogen) atoms. The van der Waals surface area contributed by atoms with E-state index in [4.69, 9.17) is 18.0 Å². The van der Waals surface area contributed by atoms with Gasteiger partial charge < -0.3 is 10.6 Å². The number of benzene rings is 2. The minimum absolute atomic E-state index is 0.445. The number of nitrogens with two attached hydrogens (primary N) is 1. The van der Waals surface area contributed by atoms with Gasteiger partial charge in [0, 0.05) is 23.2 Å². The predicted octanol–water partition coefficient (Wildman–Crippen LogP) is 4.51. The zero-order valence-electron chi connectivity index (χ0n) is 12.6. The molecular weight excluding hydrogens is 296 g/mol. The molecule has 110 valence electrons. The predicted molar refractivity (Wildman–Crippen MR) is 98.0 cm³/mol. The highest BCUT2D eigenvalue weighted by molar-refractivity contribution is 7.99. The second-order valence-corrected chi connectivity index (χ2v) is 6.59. The third kappa shape index (κ3) is 3.57. The second-order valence-electron chi connectivity index (χ2n) is 4.85. The molecule has 0 aliphatic rings. The zero-order valence-corrected chi connectivity index (χ0v) is 14.2. The molecule has 0 aliphatic heterocycles. The van der Waals surface area contributed by atoms with Gasteiger partial charge in [-0.15, -0.1) is 11.8 Å². The highest BCUT2D eigenvalue weighted by atomic mass is 32.2. The lowest BCUT2D eigenvalue weighted by molar-refractivity contribution is 1.18. The summed E-state index contributed by atoms with van der Waals surface area (Å²) in [5, 5.41) is 0. The molecule has 0 aromatic heterocycles. The molecule has 2 rings (SSSR count). The summed E-state index contributed by atoms with van der Waals surface area (Å²) in [6.07, 6.45) is 0. The second kappa shape index (κ2) is 6.96. The van der Waals surface area contributed by atoms with Crippen LogP contribution in [0.4, 0.5) is 11.4 Å². The Morgan fingerprint density at radius 2 is 1.95 bits per heavy atom. The molecule has 2 nitrogen and oxygen atoms in total. The minimum Gasteiger partial charge on any atom is -0.389 e. The summed E-state index contributed by atoms with van der Waals surface area (Å²) in [5.41, 5.74) is 10.4. The Morgan fingerprint density at radius 3 is 2.57 bits per heavy atom. The van der Waals surface area contributed by atoms with E-state index in [1.165, 1.54) is 5.56 Å². The van der Waals surface area contributed by atoms with Crippen LogP contribution in [0.2, 0.25) is 0 Å². The van der Waals surface area contributed by atoms with E-state index < -0.39 is 0 Å². The van der Waals surface area contributed by atoms with Crippen LogP contribution >= 0.6 is 24.0 Å². The lowest BCUT2D eigenvalue weighted by Crippen LogP contribution is -2.18. The lowest BCUT2D eigenvalue weighted by Gasteiger charge is -2.24. The number of aryl methyl sites for hydroxylation is 1. The molecule has 0 amide bonds. The first-order valence-corrected chi connectivity index (χ1v) is 8.30. The fourth-order valence-electron chi connectivity index (χ4n) is 2.30. The first-order chi connectivity index (χ1) is 10.0. The first-order valence-electron chi connectivity index (χ1n) is 6.90. The van der Waals surface area contributed by atoms with E-state index in [0.717, 1.165) is 27.6 Å². The van der Waals surface area contributed by atoms with Crippen molar-refractivity contribution >= 4 is 40.3 Å². The van der Waals surface area contributed by atoms with Gasteiger partial charge in [-0.05, 0) is 42.5 Å². The molecule has 2 aromatic carbocycles. The maximum Gasteiger partial charge on any atom is 0.107 e. The van der Waals surface area contributed by atoms with E-state index in [1.54, 1.807) is 11.8 Å². The fourth-order valence-corrected chi connectivity index (χ4v) is 3.42. The van der Waals surface area contributed by atoms with E-state index in [9.17, 15) is 0 Å². The average molecular weight is 316 g/mol. The smallest absolute Gasteiger partial charge is 0.107 e. The van der Waals surface area contributed by atoms with Crippen LogP contribution in [0, 0.1) is 6.92 Å². The van der Waals surface area contributed by atoms with Gasteiger partial charge in [0.05, 0.1) is 5.69 Å². The Bertz CT molecular complexity index is 653. The molecule has 0 atom stereocenters. The van der Waals surface area contributed by atoms with E-state index in [2.05, 4.69) is 61.2 Å². The van der Waals surface area contributed by atoms with Gasteiger partial charge in [0.15, 0.2) is 0 Å². The SMILES string of the molecule is CCSc1cccc(N(C)c2cccc(C)c2)c1C(N)=S. The Kier molecular flexibility index (Phi) is 5.26. The number of thioether (sulfide) groups is 1. The third-order valence-corrected chi connectivity index (χ3v) is 4.44. The Labute approximate surface area is 136 Å². The van der Waals surface area contributed by atoms with Crippen LogP contribution < -0.4 is 10.6 Å². The molecule has 0 saturated carbocycles. The van der Waals surface area contributed by atoms with Crippen LogP contribution in [0.3, 0.4) is 0 Å². The average Bonchev–Trinajstić information content (AvgIpc) is 2.46. The van der Waals surface area contributed by atoms with Crippen LogP contribution in [0.1, 0.15) is 18.1 Å². The van der Waals surface area contributed by atoms with Gasteiger partial charge in [-0.25, -0.2) is 0 Å². The molecule has 0 fully saturated rings. The Balaban J connectivity index is 2.52. The first kappa shape index (κ1) is 15.9. The molecule has 0 unspecified atom stereocenters.